The second-order valence-corrected chi connectivity index (χ2v) is 8.64. The van der Waals surface area contributed by atoms with Crippen LogP contribution in [0.15, 0.2) is 29.3 Å². The van der Waals surface area contributed by atoms with E-state index in [1.165, 1.54) is 6.26 Å². The zero-order chi connectivity index (χ0) is 19.6. The molecule has 0 aliphatic heterocycles. The van der Waals surface area contributed by atoms with E-state index in [2.05, 4.69) is 15.6 Å². The Balaban J connectivity index is 2.62. The number of ether oxygens (including phenoxy) is 1. The minimum absolute atomic E-state index is 0.0666. The van der Waals surface area contributed by atoms with Gasteiger partial charge in [0.25, 0.3) is 0 Å². The third-order valence-electron chi connectivity index (χ3n) is 3.37. The lowest BCUT2D eigenvalue weighted by molar-refractivity contribution is 0.185. The van der Waals surface area contributed by atoms with Crippen LogP contribution in [0.2, 0.25) is 0 Å². The highest BCUT2D eigenvalue weighted by atomic mass is 32.2. The third kappa shape index (κ3) is 9.62. The second-order valence-electron chi connectivity index (χ2n) is 6.38. The molecule has 0 aliphatic rings. The standard InChI is InChI=1S/C18H31N3O4S/c1-5-19-18(20-10-7-11-26(4,23)24)21-13-17(22)15-8-6-9-16(12-15)25-14(2)3/h6,8-9,12,14,17,22H,5,7,10-11,13H2,1-4H3,(H2,19,20,21). The van der Waals surface area contributed by atoms with Crippen LogP contribution in [-0.2, 0) is 9.84 Å². The summed E-state index contributed by atoms with van der Waals surface area (Å²) in [6, 6.07) is 7.34. The summed E-state index contributed by atoms with van der Waals surface area (Å²) in [7, 11) is -2.96. The summed E-state index contributed by atoms with van der Waals surface area (Å²) in [6.45, 7) is 7.19. The van der Waals surface area contributed by atoms with Crippen molar-refractivity contribution in [3.63, 3.8) is 0 Å². The monoisotopic (exact) mass is 385 g/mol. The number of benzene rings is 1. The van der Waals surface area contributed by atoms with Crippen molar-refractivity contribution in [2.75, 3.05) is 31.6 Å². The van der Waals surface area contributed by atoms with Gasteiger partial charge in [-0.25, -0.2) is 8.42 Å². The molecule has 0 heterocycles. The van der Waals surface area contributed by atoms with Gasteiger partial charge in [0.15, 0.2) is 5.96 Å². The lowest BCUT2D eigenvalue weighted by Gasteiger charge is -2.15. The van der Waals surface area contributed by atoms with Crippen molar-refractivity contribution in [1.29, 1.82) is 0 Å². The van der Waals surface area contributed by atoms with Crippen molar-refractivity contribution >= 4 is 15.8 Å². The van der Waals surface area contributed by atoms with Crippen molar-refractivity contribution in [2.45, 2.75) is 39.4 Å². The van der Waals surface area contributed by atoms with E-state index < -0.39 is 15.9 Å². The summed E-state index contributed by atoms with van der Waals surface area (Å²) >= 11 is 0. The van der Waals surface area contributed by atoms with E-state index in [0.29, 0.717) is 31.2 Å². The van der Waals surface area contributed by atoms with Crippen LogP contribution < -0.4 is 15.4 Å². The maximum absolute atomic E-state index is 11.2. The van der Waals surface area contributed by atoms with E-state index in [1.54, 1.807) is 0 Å². The van der Waals surface area contributed by atoms with Crippen LogP contribution in [0.3, 0.4) is 0 Å². The predicted molar refractivity (Wildman–Crippen MR) is 105 cm³/mol. The zero-order valence-electron chi connectivity index (χ0n) is 16.0. The van der Waals surface area contributed by atoms with Crippen LogP contribution in [0.1, 0.15) is 38.9 Å². The van der Waals surface area contributed by atoms with Gasteiger partial charge in [-0.3, -0.25) is 4.99 Å². The average Bonchev–Trinajstić information content (AvgIpc) is 2.54. The lowest BCUT2D eigenvalue weighted by atomic mass is 10.1. The van der Waals surface area contributed by atoms with Crippen molar-refractivity contribution in [1.82, 2.24) is 10.6 Å². The number of nitrogens with one attached hydrogen (secondary N) is 2. The Morgan fingerprint density at radius 3 is 2.65 bits per heavy atom. The number of rotatable bonds is 10. The Bertz CT molecular complexity index is 675. The minimum atomic E-state index is -2.96. The fourth-order valence-corrected chi connectivity index (χ4v) is 2.90. The number of aliphatic imine (C=N–C) groups is 1. The number of hydrogen-bond donors (Lipinski definition) is 3. The van der Waals surface area contributed by atoms with Gasteiger partial charge in [0, 0.05) is 19.3 Å². The fraction of sp³-hybridized carbons (Fsp3) is 0.611. The molecule has 3 N–H and O–H groups in total. The van der Waals surface area contributed by atoms with Gasteiger partial charge in [0.2, 0.25) is 0 Å². The van der Waals surface area contributed by atoms with Gasteiger partial charge < -0.3 is 20.5 Å². The Morgan fingerprint density at radius 2 is 2.04 bits per heavy atom. The summed E-state index contributed by atoms with van der Waals surface area (Å²) in [5.41, 5.74) is 0.736. The van der Waals surface area contributed by atoms with Crippen molar-refractivity contribution < 1.29 is 18.3 Å². The lowest BCUT2D eigenvalue weighted by Crippen LogP contribution is -2.38. The van der Waals surface area contributed by atoms with E-state index in [4.69, 9.17) is 4.74 Å². The largest absolute Gasteiger partial charge is 0.491 e. The molecule has 26 heavy (non-hydrogen) atoms. The van der Waals surface area contributed by atoms with Gasteiger partial charge in [-0.2, -0.15) is 0 Å². The molecule has 1 aromatic rings. The molecule has 1 atom stereocenters. The van der Waals surface area contributed by atoms with Gasteiger partial charge in [0.1, 0.15) is 15.6 Å². The molecule has 1 rings (SSSR count). The highest BCUT2D eigenvalue weighted by molar-refractivity contribution is 7.90. The van der Waals surface area contributed by atoms with Crippen LogP contribution in [0.4, 0.5) is 0 Å². The number of aliphatic hydroxyl groups excluding tert-OH is 1. The molecule has 0 spiro atoms. The molecule has 0 bridgehead atoms. The highest BCUT2D eigenvalue weighted by Crippen LogP contribution is 2.20. The molecule has 1 unspecified atom stereocenters. The highest BCUT2D eigenvalue weighted by Gasteiger charge is 2.09. The molecular formula is C18H31N3O4S. The van der Waals surface area contributed by atoms with E-state index in [1.807, 2.05) is 45.0 Å². The molecule has 0 fully saturated rings. The number of hydrogen-bond acceptors (Lipinski definition) is 5. The minimum Gasteiger partial charge on any atom is -0.491 e. The van der Waals surface area contributed by atoms with E-state index >= 15 is 0 Å². The first-order chi connectivity index (χ1) is 12.2. The Morgan fingerprint density at radius 1 is 1.31 bits per heavy atom. The van der Waals surface area contributed by atoms with Crippen molar-refractivity contribution in [2.24, 2.45) is 4.99 Å². The van der Waals surface area contributed by atoms with Crippen LogP contribution in [0.25, 0.3) is 0 Å². The Kier molecular flexibility index (Phi) is 9.43. The summed E-state index contributed by atoms with van der Waals surface area (Å²) < 4.78 is 27.9. The number of guanidine groups is 1. The summed E-state index contributed by atoms with van der Waals surface area (Å²) in [4.78, 5) is 4.37. The van der Waals surface area contributed by atoms with Crippen LogP contribution >= 0.6 is 0 Å². The topological polar surface area (TPSA) is 100 Å². The quantitative estimate of drug-likeness (QED) is 0.321. The van der Waals surface area contributed by atoms with E-state index in [-0.39, 0.29) is 18.4 Å². The third-order valence-corrected chi connectivity index (χ3v) is 4.40. The summed E-state index contributed by atoms with van der Waals surface area (Å²) in [5.74, 6) is 1.39. The smallest absolute Gasteiger partial charge is 0.191 e. The second kappa shape index (κ2) is 11.0. The first-order valence-corrected chi connectivity index (χ1v) is 10.9. The van der Waals surface area contributed by atoms with Gasteiger partial charge in [0.05, 0.1) is 24.5 Å². The Labute approximate surface area is 156 Å². The van der Waals surface area contributed by atoms with Crippen LogP contribution in [0.5, 0.6) is 5.75 Å². The fourth-order valence-electron chi connectivity index (χ4n) is 2.23. The first kappa shape index (κ1) is 22.2. The molecule has 0 saturated heterocycles. The summed E-state index contributed by atoms with van der Waals surface area (Å²) in [6.07, 6.45) is 1.04. The maximum atomic E-state index is 11.2. The Hall–Kier alpha value is -1.80. The molecule has 7 nitrogen and oxygen atoms in total. The molecule has 0 radical (unpaired) electrons. The summed E-state index contributed by atoms with van der Waals surface area (Å²) in [5, 5.41) is 16.5. The van der Waals surface area contributed by atoms with Crippen LogP contribution in [0, 0.1) is 0 Å². The van der Waals surface area contributed by atoms with Gasteiger partial charge in [-0.15, -0.1) is 0 Å². The van der Waals surface area contributed by atoms with Crippen LogP contribution in [-0.4, -0.2) is 57.2 Å². The average molecular weight is 386 g/mol. The number of aliphatic hydroxyl groups is 1. The molecule has 0 aromatic heterocycles. The molecule has 148 valence electrons. The number of sulfone groups is 1. The normalized spacial score (nSPS) is 13.5. The number of nitrogens with zero attached hydrogens (tertiary/aromatic N) is 1. The van der Waals surface area contributed by atoms with E-state index in [0.717, 1.165) is 5.56 Å². The maximum Gasteiger partial charge on any atom is 0.191 e. The molecule has 0 amide bonds. The molecular weight excluding hydrogens is 354 g/mol. The van der Waals surface area contributed by atoms with E-state index in [9.17, 15) is 13.5 Å². The van der Waals surface area contributed by atoms with Gasteiger partial charge in [-0.1, -0.05) is 12.1 Å². The molecule has 0 saturated carbocycles. The molecule has 1 aromatic carbocycles. The van der Waals surface area contributed by atoms with Gasteiger partial charge >= 0.3 is 0 Å². The predicted octanol–water partition coefficient (Wildman–Crippen LogP) is 1.50. The first-order valence-electron chi connectivity index (χ1n) is 8.86. The molecule has 8 heteroatoms. The van der Waals surface area contributed by atoms with Crippen molar-refractivity contribution in [3.8, 4) is 5.75 Å². The van der Waals surface area contributed by atoms with Gasteiger partial charge in [-0.05, 0) is 44.9 Å². The SMILES string of the molecule is CCNC(=NCC(O)c1cccc(OC(C)C)c1)NCCCS(C)(=O)=O. The zero-order valence-corrected chi connectivity index (χ0v) is 16.8. The molecule has 0 aliphatic carbocycles. The van der Waals surface area contributed by atoms with Crippen molar-refractivity contribution in [3.05, 3.63) is 29.8 Å².